The van der Waals surface area contributed by atoms with Crippen LogP contribution in [0.25, 0.3) is 0 Å². The van der Waals surface area contributed by atoms with Crippen LogP contribution in [0.4, 0.5) is 0 Å². The highest BCUT2D eigenvalue weighted by Crippen LogP contribution is 2.47. The zero-order valence-electron chi connectivity index (χ0n) is 11.0. The van der Waals surface area contributed by atoms with E-state index in [0.29, 0.717) is 13.2 Å². The van der Waals surface area contributed by atoms with Crippen molar-refractivity contribution in [1.29, 1.82) is 0 Å². The largest absolute Gasteiger partial charge is 0.486 e. The van der Waals surface area contributed by atoms with Crippen molar-refractivity contribution < 1.29 is 14.3 Å². The number of hydrogen-bond acceptors (Lipinski definition) is 4. The molecule has 3 rings (SSSR count). The molecule has 5 nitrogen and oxygen atoms in total. The first kappa shape index (κ1) is 12.3. The highest BCUT2D eigenvalue weighted by atomic mass is 16.6. The molecule has 1 heterocycles. The van der Waals surface area contributed by atoms with E-state index in [0.717, 1.165) is 41.9 Å². The zero-order valence-corrected chi connectivity index (χ0v) is 11.0. The van der Waals surface area contributed by atoms with E-state index < -0.39 is 5.41 Å². The maximum atomic E-state index is 12.1. The van der Waals surface area contributed by atoms with Gasteiger partial charge in [0.15, 0.2) is 11.5 Å². The van der Waals surface area contributed by atoms with Crippen LogP contribution in [0.1, 0.15) is 30.4 Å². The van der Waals surface area contributed by atoms with Gasteiger partial charge in [-0.2, -0.15) is 0 Å². The van der Waals surface area contributed by atoms with Crippen LogP contribution < -0.4 is 20.7 Å². The van der Waals surface area contributed by atoms with E-state index in [2.05, 4.69) is 5.43 Å². The first-order valence-corrected chi connectivity index (χ1v) is 6.59. The molecule has 5 heteroatoms. The quantitative estimate of drug-likeness (QED) is 0.477. The van der Waals surface area contributed by atoms with Gasteiger partial charge >= 0.3 is 0 Å². The second-order valence-electron chi connectivity index (χ2n) is 5.22. The number of nitrogens with two attached hydrogens (primary N) is 1. The van der Waals surface area contributed by atoms with E-state index in [1.807, 2.05) is 19.1 Å². The monoisotopic (exact) mass is 262 g/mol. The van der Waals surface area contributed by atoms with Crippen LogP contribution in [-0.2, 0) is 10.2 Å². The predicted molar refractivity (Wildman–Crippen MR) is 70.0 cm³/mol. The van der Waals surface area contributed by atoms with Gasteiger partial charge in [0, 0.05) is 0 Å². The third-order valence-corrected chi connectivity index (χ3v) is 4.18. The lowest BCUT2D eigenvalue weighted by molar-refractivity contribution is -0.130. The zero-order chi connectivity index (χ0) is 13.5. The molecule has 102 valence electrons. The molecule has 19 heavy (non-hydrogen) atoms. The fourth-order valence-electron chi connectivity index (χ4n) is 2.99. The van der Waals surface area contributed by atoms with Gasteiger partial charge in [-0.3, -0.25) is 10.2 Å². The molecule has 1 aromatic carbocycles. The third-order valence-electron chi connectivity index (χ3n) is 4.18. The summed E-state index contributed by atoms with van der Waals surface area (Å²) in [4.78, 5) is 12.1. The van der Waals surface area contributed by atoms with E-state index in [9.17, 15) is 4.79 Å². The lowest BCUT2D eigenvalue weighted by atomic mass is 9.63. The van der Waals surface area contributed by atoms with Gasteiger partial charge < -0.3 is 9.47 Å². The van der Waals surface area contributed by atoms with Gasteiger partial charge in [0.25, 0.3) is 0 Å². The van der Waals surface area contributed by atoms with Crippen LogP contribution >= 0.6 is 0 Å². The second-order valence-corrected chi connectivity index (χ2v) is 5.22. The average Bonchev–Trinajstić information content (AvgIpc) is 2.37. The number of amides is 1. The Labute approximate surface area is 112 Å². The molecule has 1 aliphatic carbocycles. The predicted octanol–water partition coefficient (Wildman–Crippen LogP) is 1.18. The van der Waals surface area contributed by atoms with E-state index >= 15 is 0 Å². The van der Waals surface area contributed by atoms with Crippen molar-refractivity contribution in [2.75, 3.05) is 13.2 Å². The summed E-state index contributed by atoms with van der Waals surface area (Å²) in [6, 6.07) is 3.89. The standard InChI is InChI=1S/C14H18N2O3/c1-9-7-11-12(19-6-5-18-11)8-10(9)14(3-2-4-14)13(17)16-15/h7-8H,2-6,15H2,1H3,(H,16,17). The van der Waals surface area contributed by atoms with Crippen LogP contribution in [0.2, 0.25) is 0 Å². The minimum atomic E-state index is -0.491. The minimum absolute atomic E-state index is 0.112. The highest BCUT2D eigenvalue weighted by Gasteiger charge is 2.46. The number of hydrazine groups is 1. The van der Waals surface area contributed by atoms with Gasteiger partial charge in [-0.25, -0.2) is 5.84 Å². The summed E-state index contributed by atoms with van der Waals surface area (Å²) in [5, 5.41) is 0. The Morgan fingerprint density at radius 3 is 2.42 bits per heavy atom. The number of ether oxygens (including phenoxy) is 2. The average molecular weight is 262 g/mol. The number of benzene rings is 1. The van der Waals surface area contributed by atoms with E-state index in [1.165, 1.54) is 0 Å². The number of fused-ring (bicyclic) bond motifs is 1. The molecule has 1 amide bonds. The fourth-order valence-corrected chi connectivity index (χ4v) is 2.99. The van der Waals surface area contributed by atoms with E-state index in [-0.39, 0.29) is 5.91 Å². The van der Waals surface area contributed by atoms with Crippen molar-refractivity contribution in [2.24, 2.45) is 5.84 Å². The van der Waals surface area contributed by atoms with Crippen LogP contribution in [0.3, 0.4) is 0 Å². The van der Waals surface area contributed by atoms with Crippen LogP contribution in [0.15, 0.2) is 12.1 Å². The Kier molecular flexibility index (Phi) is 2.86. The van der Waals surface area contributed by atoms with Crippen molar-refractivity contribution in [1.82, 2.24) is 5.43 Å². The molecule has 1 aromatic rings. The fraction of sp³-hybridized carbons (Fsp3) is 0.500. The second kappa shape index (κ2) is 4.42. The molecule has 1 fully saturated rings. The molecule has 2 aliphatic rings. The normalized spacial score (nSPS) is 19.5. The Morgan fingerprint density at radius 1 is 1.26 bits per heavy atom. The van der Waals surface area contributed by atoms with Gasteiger partial charge in [-0.1, -0.05) is 6.42 Å². The SMILES string of the molecule is Cc1cc2c(cc1C1(C(=O)NN)CCC1)OCCO2. The number of hydrogen-bond donors (Lipinski definition) is 2. The van der Waals surface area contributed by atoms with Crippen LogP contribution in [-0.4, -0.2) is 19.1 Å². The molecule has 0 aromatic heterocycles. The summed E-state index contributed by atoms with van der Waals surface area (Å²) in [6.07, 6.45) is 2.70. The minimum Gasteiger partial charge on any atom is -0.486 e. The molecule has 0 bridgehead atoms. The molecule has 0 saturated heterocycles. The molecule has 0 spiro atoms. The Balaban J connectivity index is 2.06. The summed E-state index contributed by atoms with van der Waals surface area (Å²) < 4.78 is 11.2. The molecule has 0 radical (unpaired) electrons. The van der Waals surface area contributed by atoms with Crippen molar-refractivity contribution >= 4 is 5.91 Å². The number of carbonyl (C=O) groups is 1. The lowest BCUT2D eigenvalue weighted by Gasteiger charge is -2.41. The smallest absolute Gasteiger partial charge is 0.244 e. The van der Waals surface area contributed by atoms with Crippen molar-refractivity contribution in [3.63, 3.8) is 0 Å². The number of nitrogens with one attached hydrogen (secondary N) is 1. The van der Waals surface area contributed by atoms with E-state index in [4.69, 9.17) is 15.3 Å². The Morgan fingerprint density at radius 2 is 1.89 bits per heavy atom. The molecule has 3 N–H and O–H groups in total. The van der Waals surface area contributed by atoms with Gasteiger partial charge in [0.1, 0.15) is 13.2 Å². The molecule has 0 atom stereocenters. The Bertz CT molecular complexity index is 524. The van der Waals surface area contributed by atoms with E-state index in [1.54, 1.807) is 0 Å². The van der Waals surface area contributed by atoms with Crippen LogP contribution in [0, 0.1) is 6.92 Å². The maximum absolute atomic E-state index is 12.1. The first-order valence-electron chi connectivity index (χ1n) is 6.59. The third kappa shape index (κ3) is 1.76. The molecule has 0 unspecified atom stereocenters. The van der Waals surface area contributed by atoms with Crippen molar-refractivity contribution in [2.45, 2.75) is 31.6 Å². The molecular weight excluding hydrogens is 244 g/mol. The Hall–Kier alpha value is -1.75. The highest BCUT2D eigenvalue weighted by molar-refractivity contribution is 5.89. The van der Waals surface area contributed by atoms with Crippen molar-refractivity contribution in [3.05, 3.63) is 23.3 Å². The number of aryl methyl sites for hydroxylation is 1. The summed E-state index contributed by atoms with van der Waals surface area (Å²) >= 11 is 0. The summed E-state index contributed by atoms with van der Waals surface area (Å²) in [7, 11) is 0. The molecular formula is C14H18N2O3. The van der Waals surface area contributed by atoms with Gasteiger partial charge in [-0.05, 0) is 43.0 Å². The van der Waals surface area contributed by atoms with Gasteiger partial charge in [0.2, 0.25) is 5.91 Å². The first-order chi connectivity index (χ1) is 9.17. The summed E-state index contributed by atoms with van der Waals surface area (Å²) in [5.41, 5.74) is 3.87. The molecule has 1 aliphatic heterocycles. The van der Waals surface area contributed by atoms with Crippen LogP contribution in [0.5, 0.6) is 11.5 Å². The lowest BCUT2D eigenvalue weighted by Crippen LogP contribution is -2.51. The molecule has 1 saturated carbocycles. The van der Waals surface area contributed by atoms with Gasteiger partial charge in [0.05, 0.1) is 5.41 Å². The van der Waals surface area contributed by atoms with Crippen molar-refractivity contribution in [3.8, 4) is 11.5 Å². The summed E-state index contributed by atoms with van der Waals surface area (Å²) in [6.45, 7) is 3.11. The maximum Gasteiger partial charge on any atom is 0.244 e. The van der Waals surface area contributed by atoms with Gasteiger partial charge in [-0.15, -0.1) is 0 Å². The summed E-state index contributed by atoms with van der Waals surface area (Å²) in [5.74, 6) is 6.71. The number of rotatable bonds is 2. The number of carbonyl (C=O) groups excluding carboxylic acids is 1. The topological polar surface area (TPSA) is 73.6 Å².